The van der Waals surface area contributed by atoms with Crippen LogP contribution in [0.4, 0.5) is 5.82 Å². The van der Waals surface area contributed by atoms with E-state index in [1.165, 1.54) is 25.5 Å². The first kappa shape index (κ1) is 16.4. The zero-order valence-corrected chi connectivity index (χ0v) is 14.4. The van der Waals surface area contributed by atoms with Crippen molar-refractivity contribution in [2.75, 3.05) is 18.0 Å². The molecule has 1 amide bonds. The van der Waals surface area contributed by atoms with Crippen molar-refractivity contribution in [3.8, 4) is 0 Å². The monoisotopic (exact) mass is 348 g/mol. The van der Waals surface area contributed by atoms with Crippen molar-refractivity contribution in [3.63, 3.8) is 0 Å². The molecule has 1 aliphatic heterocycles. The van der Waals surface area contributed by atoms with Crippen molar-refractivity contribution >= 4 is 22.8 Å². The number of amides is 1. The van der Waals surface area contributed by atoms with Crippen molar-refractivity contribution < 1.29 is 4.79 Å². The summed E-state index contributed by atoms with van der Waals surface area (Å²) in [6, 6.07) is 9.39. The van der Waals surface area contributed by atoms with E-state index in [1.54, 1.807) is 6.20 Å². The summed E-state index contributed by atoms with van der Waals surface area (Å²) in [5.74, 6) is 1.24. The van der Waals surface area contributed by atoms with E-state index in [-0.39, 0.29) is 18.1 Å². The molecule has 0 saturated carbocycles. The number of carbonyl (C=O) groups is 1. The van der Waals surface area contributed by atoms with Crippen LogP contribution in [0.3, 0.4) is 0 Å². The molecule has 1 fully saturated rings. The van der Waals surface area contributed by atoms with Gasteiger partial charge in [-0.1, -0.05) is 12.1 Å². The third-order valence-electron chi connectivity index (χ3n) is 4.46. The van der Waals surface area contributed by atoms with E-state index < -0.39 is 0 Å². The molecular formula is C19H20N6O. The molecule has 0 bridgehead atoms. The topological polar surface area (TPSA) is 83.9 Å². The van der Waals surface area contributed by atoms with Crippen LogP contribution >= 0.6 is 0 Å². The van der Waals surface area contributed by atoms with Gasteiger partial charge in [0.1, 0.15) is 17.3 Å². The number of aromatic nitrogens is 4. The Kier molecular flexibility index (Phi) is 4.68. The van der Waals surface area contributed by atoms with Crippen LogP contribution in [0, 0.1) is 0 Å². The fraction of sp³-hybridized carbons (Fsp3) is 0.316. The number of carbonyl (C=O) groups excluding carboxylic acids is 1. The summed E-state index contributed by atoms with van der Waals surface area (Å²) < 4.78 is 0. The number of benzene rings is 1. The lowest BCUT2D eigenvalue weighted by Gasteiger charge is -2.27. The maximum Gasteiger partial charge on any atom is 0.271 e. The Labute approximate surface area is 151 Å². The highest BCUT2D eigenvalue weighted by Crippen LogP contribution is 2.16. The van der Waals surface area contributed by atoms with E-state index in [0.717, 1.165) is 24.4 Å². The molecule has 1 N–H and O–H groups in total. The highest BCUT2D eigenvalue weighted by Gasteiger charge is 2.14. The molecule has 4 rings (SSSR count). The van der Waals surface area contributed by atoms with E-state index in [0.29, 0.717) is 11.3 Å². The van der Waals surface area contributed by atoms with Gasteiger partial charge in [-0.15, -0.1) is 0 Å². The maximum absolute atomic E-state index is 12.4. The lowest BCUT2D eigenvalue weighted by molar-refractivity contribution is 0.0945. The number of para-hydroxylation sites is 2. The fourth-order valence-electron chi connectivity index (χ4n) is 3.09. The largest absolute Gasteiger partial charge is 0.357 e. The third-order valence-corrected chi connectivity index (χ3v) is 4.46. The number of nitrogens with one attached hydrogen (secondary N) is 1. The number of fused-ring (bicyclic) bond motifs is 1. The molecule has 7 heteroatoms. The van der Waals surface area contributed by atoms with Crippen LogP contribution in [0.25, 0.3) is 11.0 Å². The Balaban J connectivity index is 1.43. The standard InChI is InChI=1S/C19H20N6O/c26-19(16-12-21-14-6-2-3-7-15(14)23-16)22-13-17-20-9-8-18(24-17)25-10-4-1-5-11-25/h2-3,6-9,12H,1,4-5,10-11,13H2,(H,22,26). The minimum Gasteiger partial charge on any atom is -0.357 e. The molecule has 3 heterocycles. The molecule has 2 aromatic heterocycles. The van der Waals surface area contributed by atoms with Gasteiger partial charge in [0.2, 0.25) is 0 Å². The first-order chi connectivity index (χ1) is 12.8. The number of rotatable bonds is 4. The average Bonchev–Trinajstić information content (AvgIpc) is 2.72. The van der Waals surface area contributed by atoms with Crippen molar-refractivity contribution in [1.29, 1.82) is 0 Å². The second-order valence-corrected chi connectivity index (χ2v) is 6.31. The zero-order valence-electron chi connectivity index (χ0n) is 14.4. The number of piperidine rings is 1. The van der Waals surface area contributed by atoms with Gasteiger partial charge in [-0.05, 0) is 37.5 Å². The van der Waals surface area contributed by atoms with Crippen LogP contribution in [0.5, 0.6) is 0 Å². The summed E-state index contributed by atoms with van der Waals surface area (Å²) >= 11 is 0. The smallest absolute Gasteiger partial charge is 0.271 e. The molecule has 26 heavy (non-hydrogen) atoms. The quantitative estimate of drug-likeness (QED) is 0.779. The van der Waals surface area contributed by atoms with E-state index in [1.807, 2.05) is 30.3 Å². The van der Waals surface area contributed by atoms with Crippen LogP contribution in [-0.4, -0.2) is 38.9 Å². The molecule has 1 aliphatic rings. The summed E-state index contributed by atoms with van der Waals surface area (Å²) in [6.07, 6.45) is 6.89. The molecule has 0 radical (unpaired) electrons. The fourth-order valence-corrected chi connectivity index (χ4v) is 3.09. The second-order valence-electron chi connectivity index (χ2n) is 6.31. The van der Waals surface area contributed by atoms with Crippen molar-refractivity contribution in [3.05, 3.63) is 54.2 Å². The summed E-state index contributed by atoms with van der Waals surface area (Å²) in [7, 11) is 0. The summed E-state index contributed by atoms with van der Waals surface area (Å²) in [6.45, 7) is 2.31. The van der Waals surface area contributed by atoms with Crippen LogP contribution in [-0.2, 0) is 6.54 Å². The van der Waals surface area contributed by atoms with Crippen molar-refractivity contribution in [1.82, 2.24) is 25.3 Å². The molecule has 1 aromatic carbocycles. The molecule has 0 atom stereocenters. The normalized spacial score (nSPS) is 14.4. The van der Waals surface area contributed by atoms with Gasteiger partial charge in [0.25, 0.3) is 5.91 Å². The van der Waals surface area contributed by atoms with Gasteiger partial charge in [0.15, 0.2) is 0 Å². The van der Waals surface area contributed by atoms with Gasteiger partial charge >= 0.3 is 0 Å². The van der Waals surface area contributed by atoms with E-state index in [9.17, 15) is 4.79 Å². The van der Waals surface area contributed by atoms with Crippen LogP contribution in [0.1, 0.15) is 35.6 Å². The number of nitrogens with zero attached hydrogens (tertiary/aromatic N) is 5. The van der Waals surface area contributed by atoms with Crippen molar-refractivity contribution in [2.24, 2.45) is 0 Å². The van der Waals surface area contributed by atoms with Gasteiger partial charge in [0, 0.05) is 19.3 Å². The van der Waals surface area contributed by atoms with E-state index in [4.69, 9.17) is 0 Å². The van der Waals surface area contributed by atoms with Gasteiger partial charge in [-0.3, -0.25) is 9.78 Å². The van der Waals surface area contributed by atoms with E-state index in [2.05, 4.69) is 30.2 Å². The van der Waals surface area contributed by atoms with Crippen molar-refractivity contribution in [2.45, 2.75) is 25.8 Å². The average molecular weight is 348 g/mol. The van der Waals surface area contributed by atoms with Crippen LogP contribution < -0.4 is 10.2 Å². The molecule has 7 nitrogen and oxygen atoms in total. The number of anilines is 1. The van der Waals surface area contributed by atoms with Crippen LogP contribution in [0.2, 0.25) is 0 Å². The molecular weight excluding hydrogens is 328 g/mol. The maximum atomic E-state index is 12.4. The molecule has 3 aromatic rings. The predicted molar refractivity (Wildman–Crippen MR) is 98.8 cm³/mol. The summed E-state index contributed by atoms with van der Waals surface area (Å²) in [5, 5.41) is 2.83. The highest BCUT2D eigenvalue weighted by molar-refractivity contribution is 5.93. The molecule has 132 valence electrons. The summed E-state index contributed by atoms with van der Waals surface area (Å²) in [5.41, 5.74) is 1.75. The SMILES string of the molecule is O=C(NCc1nccc(N2CCCCC2)n1)c1cnc2ccccc2n1. The molecule has 0 aliphatic carbocycles. The van der Waals surface area contributed by atoms with Gasteiger partial charge in [-0.25, -0.2) is 15.0 Å². The predicted octanol–water partition coefficient (Wildman–Crippen LogP) is 2.34. The number of hydrogen-bond acceptors (Lipinski definition) is 6. The minimum absolute atomic E-state index is 0.259. The lowest BCUT2D eigenvalue weighted by atomic mass is 10.1. The number of hydrogen-bond donors (Lipinski definition) is 1. The molecule has 1 saturated heterocycles. The third kappa shape index (κ3) is 3.61. The highest BCUT2D eigenvalue weighted by atomic mass is 16.1. The lowest BCUT2D eigenvalue weighted by Crippen LogP contribution is -2.31. The Morgan fingerprint density at radius 3 is 2.65 bits per heavy atom. The second kappa shape index (κ2) is 7.43. The molecule has 0 spiro atoms. The minimum atomic E-state index is -0.282. The molecule has 0 unspecified atom stereocenters. The Hall–Kier alpha value is -3.09. The van der Waals surface area contributed by atoms with Gasteiger partial charge in [0.05, 0.1) is 23.8 Å². The first-order valence-electron chi connectivity index (χ1n) is 8.86. The van der Waals surface area contributed by atoms with Crippen LogP contribution in [0.15, 0.2) is 42.7 Å². The van der Waals surface area contributed by atoms with Gasteiger partial charge in [-0.2, -0.15) is 0 Å². The van der Waals surface area contributed by atoms with E-state index >= 15 is 0 Å². The van der Waals surface area contributed by atoms with Gasteiger partial charge < -0.3 is 10.2 Å². The Morgan fingerprint density at radius 1 is 1.00 bits per heavy atom. The first-order valence-corrected chi connectivity index (χ1v) is 8.86. The zero-order chi connectivity index (χ0) is 17.8. The Morgan fingerprint density at radius 2 is 1.81 bits per heavy atom. The summed E-state index contributed by atoms with van der Waals surface area (Å²) in [4.78, 5) is 32.1. The Bertz CT molecular complexity index is 923.